The molecule has 1 fully saturated rings. The predicted molar refractivity (Wildman–Crippen MR) is 102 cm³/mol. The number of fused-ring (bicyclic) bond motifs is 1. The molecule has 1 amide bonds. The van der Waals surface area contributed by atoms with Crippen LogP contribution < -0.4 is 5.32 Å². The van der Waals surface area contributed by atoms with E-state index in [1.807, 2.05) is 48.5 Å². The minimum Gasteiger partial charge on any atom is -0.324 e. The zero-order valence-corrected chi connectivity index (χ0v) is 14.5. The van der Waals surface area contributed by atoms with Crippen LogP contribution >= 0.6 is 0 Å². The van der Waals surface area contributed by atoms with E-state index in [0.717, 1.165) is 29.3 Å². The van der Waals surface area contributed by atoms with E-state index in [1.54, 1.807) is 12.1 Å². The van der Waals surface area contributed by atoms with Gasteiger partial charge in [0.15, 0.2) is 0 Å². The number of nitrogens with one attached hydrogen (secondary N) is 1. The van der Waals surface area contributed by atoms with Gasteiger partial charge in [0.25, 0.3) is 0 Å². The Labute approximate surface area is 152 Å². The number of amides is 1. The van der Waals surface area contributed by atoms with Crippen molar-refractivity contribution in [2.45, 2.75) is 25.4 Å². The number of hydrogen-bond donors (Lipinski definition) is 1. The second-order valence-corrected chi connectivity index (χ2v) is 6.80. The normalized spacial score (nSPS) is 13.9. The van der Waals surface area contributed by atoms with Crippen molar-refractivity contribution in [2.24, 2.45) is 0 Å². The van der Waals surface area contributed by atoms with Gasteiger partial charge in [-0.3, -0.25) is 9.69 Å². The highest BCUT2D eigenvalue weighted by Gasteiger charge is 2.30. The standard InChI is InChI=1S/C22H21FN2O/c23-20-10-4-2-7-17(20)14-25(18-12-13-18)15-22(26)24-21-11-5-8-16-6-1-3-9-19(16)21/h1-11,18H,12-15H2,(H,24,26). The van der Waals surface area contributed by atoms with Crippen LogP contribution in [0.3, 0.4) is 0 Å². The van der Waals surface area contributed by atoms with Crippen molar-refractivity contribution < 1.29 is 9.18 Å². The minimum absolute atomic E-state index is 0.0652. The van der Waals surface area contributed by atoms with Gasteiger partial charge < -0.3 is 5.32 Å². The van der Waals surface area contributed by atoms with E-state index >= 15 is 0 Å². The molecule has 0 unspecified atom stereocenters. The van der Waals surface area contributed by atoms with Gasteiger partial charge in [-0.1, -0.05) is 54.6 Å². The molecule has 1 aliphatic carbocycles. The number of hydrogen-bond acceptors (Lipinski definition) is 2. The quantitative estimate of drug-likeness (QED) is 0.707. The first-order chi connectivity index (χ1) is 12.7. The third-order valence-electron chi connectivity index (χ3n) is 4.80. The monoisotopic (exact) mass is 348 g/mol. The van der Waals surface area contributed by atoms with Crippen LogP contribution in [0.1, 0.15) is 18.4 Å². The maximum Gasteiger partial charge on any atom is 0.238 e. The zero-order valence-electron chi connectivity index (χ0n) is 14.5. The molecule has 0 spiro atoms. The molecular weight excluding hydrogens is 327 g/mol. The summed E-state index contributed by atoms with van der Waals surface area (Å²) in [7, 11) is 0. The summed E-state index contributed by atoms with van der Waals surface area (Å²) < 4.78 is 14.0. The summed E-state index contributed by atoms with van der Waals surface area (Å²) in [6.07, 6.45) is 2.13. The average molecular weight is 348 g/mol. The fraction of sp³-hybridized carbons (Fsp3) is 0.227. The second kappa shape index (κ2) is 7.26. The van der Waals surface area contributed by atoms with Gasteiger partial charge in [-0.05, 0) is 30.4 Å². The number of halogens is 1. The van der Waals surface area contributed by atoms with Gasteiger partial charge in [-0.15, -0.1) is 0 Å². The van der Waals surface area contributed by atoms with Crippen LogP contribution in [0.15, 0.2) is 66.7 Å². The van der Waals surface area contributed by atoms with Crippen LogP contribution in [0, 0.1) is 5.82 Å². The fourth-order valence-corrected chi connectivity index (χ4v) is 3.31. The average Bonchev–Trinajstić information content (AvgIpc) is 3.48. The summed E-state index contributed by atoms with van der Waals surface area (Å²) >= 11 is 0. The smallest absolute Gasteiger partial charge is 0.238 e. The highest BCUT2D eigenvalue weighted by Crippen LogP contribution is 2.29. The molecule has 4 rings (SSSR count). The molecule has 132 valence electrons. The van der Waals surface area contributed by atoms with Crippen molar-refractivity contribution in [3.05, 3.63) is 78.1 Å². The lowest BCUT2D eigenvalue weighted by Crippen LogP contribution is -2.34. The molecule has 0 heterocycles. The lowest BCUT2D eigenvalue weighted by atomic mass is 10.1. The Bertz CT molecular complexity index is 931. The fourth-order valence-electron chi connectivity index (χ4n) is 3.31. The molecule has 1 N–H and O–H groups in total. The molecular formula is C22H21FN2O. The molecule has 0 aromatic heterocycles. The van der Waals surface area contributed by atoms with Crippen molar-refractivity contribution in [2.75, 3.05) is 11.9 Å². The van der Waals surface area contributed by atoms with Gasteiger partial charge >= 0.3 is 0 Å². The van der Waals surface area contributed by atoms with Gasteiger partial charge in [0.1, 0.15) is 5.82 Å². The third kappa shape index (κ3) is 3.75. The van der Waals surface area contributed by atoms with Crippen LogP contribution in [-0.2, 0) is 11.3 Å². The van der Waals surface area contributed by atoms with Crippen molar-refractivity contribution in [3.63, 3.8) is 0 Å². The molecule has 4 heteroatoms. The molecule has 3 aromatic carbocycles. The van der Waals surface area contributed by atoms with Crippen LogP contribution in [0.2, 0.25) is 0 Å². The van der Waals surface area contributed by atoms with E-state index in [2.05, 4.69) is 10.2 Å². The number of rotatable bonds is 6. The largest absolute Gasteiger partial charge is 0.324 e. The zero-order chi connectivity index (χ0) is 17.9. The molecule has 0 radical (unpaired) electrons. The van der Waals surface area contributed by atoms with E-state index in [9.17, 15) is 9.18 Å². The lowest BCUT2D eigenvalue weighted by molar-refractivity contribution is -0.117. The van der Waals surface area contributed by atoms with Crippen LogP contribution in [0.5, 0.6) is 0 Å². The van der Waals surface area contributed by atoms with Gasteiger partial charge in [-0.2, -0.15) is 0 Å². The molecule has 3 nitrogen and oxygen atoms in total. The lowest BCUT2D eigenvalue weighted by Gasteiger charge is -2.22. The maximum atomic E-state index is 14.0. The topological polar surface area (TPSA) is 32.3 Å². The number of nitrogens with zero attached hydrogens (tertiary/aromatic N) is 1. The van der Waals surface area contributed by atoms with Gasteiger partial charge in [0, 0.05) is 29.2 Å². The maximum absolute atomic E-state index is 14.0. The van der Waals surface area contributed by atoms with Crippen molar-refractivity contribution in [1.82, 2.24) is 4.90 Å². The summed E-state index contributed by atoms with van der Waals surface area (Å²) in [5.74, 6) is -0.280. The van der Waals surface area contributed by atoms with Crippen LogP contribution in [-0.4, -0.2) is 23.4 Å². The summed E-state index contributed by atoms with van der Waals surface area (Å²) in [5.41, 5.74) is 1.45. The van der Waals surface area contributed by atoms with Gasteiger partial charge in [0.05, 0.1) is 6.54 Å². The Morgan fingerprint density at radius 1 is 1.00 bits per heavy atom. The van der Waals surface area contributed by atoms with E-state index in [0.29, 0.717) is 18.2 Å². The van der Waals surface area contributed by atoms with E-state index in [1.165, 1.54) is 6.07 Å². The summed E-state index contributed by atoms with van der Waals surface area (Å²) in [5, 5.41) is 5.14. The molecule has 1 saturated carbocycles. The Morgan fingerprint density at radius 2 is 1.73 bits per heavy atom. The van der Waals surface area contributed by atoms with Crippen LogP contribution in [0.4, 0.5) is 10.1 Å². The van der Waals surface area contributed by atoms with Crippen molar-refractivity contribution in [3.8, 4) is 0 Å². The highest BCUT2D eigenvalue weighted by molar-refractivity contribution is 6.02. The predicted octanol–water partition coefficient (Wildman–Crippen LogP) is 4.58. The van der Waals surface area contributed by atoms with Crippen molar-refractivity contribution >= 4 is 22.4 Å². The molecule has 0 bridgehead atoms. The number of anilines is 1. The molecule has 0 atom stereocenters. The van der Waals surface area contributed by atoms with Crippen LogP contribution in [0.25, 0.3) is 10.8 Å². The number of carbonyl (C=O) groups is 1. The first-order valence-electron chi connectivity index (χ1n) is 8.96. The van der Waals surface area contributed by atoms with Gasteiger partial charge in [0.2, 0.25) is 5.91 Å². The Hall–Kier alpha value is -2.72. The Kier molecular flexibility index (Phi) is 4.67. The molecule has 1 aliphatic rings. The van der Waals surface area contributed by atoms with E-state index < -0.39 is 0 Å². The number of benzene rings is 3. The summed E-state index contributed by atoms with van der Waals surface area (Å²) in [4.78, 5) is 14.7. The van der Waals surface area contributed by atoms with E-state index in [-0.39, 0.29) is 18.3 Å². The SMILES string of the molecule is O=C(CN(Cc1ccccc1F)C1CC1)Nc1cccc2ccccc12. The summed E-state index contributed by atoms with van der Waals surface area (Å²) in [6, 6.07) is 21.0. The molecule has 26 heavy (non-hydrogen) atoms. The molecule has 3 aromatic rings. The third-order valence-corrected chi connectivity index (χ3v) is 4.80. The molecule has 0 saturated heterocycles. The summed E-state index contributed by atoms with van der Waals surface area (Å²) in [6.45, 7) is 0.725. The number of carbonyl (C=O) groups excluding carboxylic acids is 1. The molecule has 0 aliphatic heterocycles. The Balaban J connectivity index is 1.48. The Morgan fingerprint density at radius 3 is 2.54 bits per heavy atom. The first-order valence-corrected chi connectivity index (χ1v) is 8.96. The van der Waals surface area contributed by atoms with Gasteiger partial charge in [-0.25, -0.2) is 4.39 Å². The highest BCUT2D eigenvalue weighted by atomic mass is 19.1. The minimum atomic E-state index is -0.215. The first kappa shape index (κ1) is 16.7. The second-order valence-electron chi connectivity index (χ2n) is 6.80. The van der Waals surface area contributed by atoms with Crippen molar-refractivity contribution in [1.29, 1.82) is 0 Å². The van der Waals surface area contributed by atoms with E-state index in [4.69, 9.17) is 0 Å².